The number of anilines is 1. The third kappa shape index (κ3) is 2.65. The van der Waals surface area contributed by atoms with Crippen molar-refractivity contribution in [1.29, 1.82) is 0 Å². The highest BCUT2D eigenvalue weighted by Gasteiger charge is 2.41. The van der Waals surface area contributed by atoms with Crippen LogP contribution in [0, 0.1) is 12.7 Å². The molecule has 124 valence electrons. The second-order valence-electron chi connectivity index (χ2n) is 5.32. The Bertz CT molecular complexity index is 956. The van der Waals surface area contributed by atoms with Gasteiger partial charge in [0.1, 0.15) is 17.3 Å². The molecule has 0 aliphatic carbocycles. The van der Waals surface area contributed by atoms with Crippen molar-refractivity contribution in [2.45, 2.75) is 11.8 Å². The Labute approximate surface area is 138 Å². The first kappa shape index (κ1) is 16.1. The summed E-state index contributed by atoms with van der Waals surface area (Å²) in [4.78, 5) is 24.2. The van der Waals surface area contributed by atoms with E-state index in [1.165, 1.54) is 30.3 Å². The number of nitrogens with zero attached hydrogens (tertiary/aromatic N) is 1. The lowest BCUT2D eigenvalue weighted by molar-refractivity contribution is -0.116. The quantitative estimate of drug-likeness (QED) is 0.918. The van der Waals surface area contributed by atoms with Gasteiger partial charge in [0.2, 0.25) is 5.91 Å². The molecule has 1 N–H and O–H groups in total. The standard InChI is InChI=1S/C16H13FN2O4S/c1-10-6-7-11(17)8-13(10)18-15(20)9-19-16(21)12-4-2-3-5-14(12)24(19,22)23/h2-8H,9H2,1H3,(H,18,20). The summed E-state index contributed by atoms with van der Waals surface area (Å²) in [7, 11) is -4.05. The number of benzene rings is 2. The zero-order valence-corrected chi connectivity index (χ0v) is 13.4. The summed E-state index contributed by atoms with van der Waals surface area (Å²) in [5, 5.41) is 2.43. The van der Waals surface area contributed by atoms with Crippen LogP contribution in [0.3, 0.4) is 0 Å². The zero-order valence-electron chi connectivity index (χ0n) is 12.6. The molecule has 8 heteroatoms. The van der Waals surface area contributed by atoms with Crippen LogP contribution in [0.25, 0.3) is 0 Å². The number of amides is 2. The van der Waals surface area contributed by atoms with Crippen LogP contribution < -0.4 is 5.32 Å². The van der Waals surface area contributed by atoms with Crippen LogP contribution in [0.1, 0.15) is 15.9 Å². The predicted octanol–water partition coefficient (Wildman–Crippen LogP) is 1.92. The van der Waals surface area contributed by atoms with E-state index in [-0.39, 0.29) is 16.1 Å². The van der Waals surface area contributed by atoms with Crippen molar-refractivity contribution in [2.75, 3.05) is 11.9 Å². The van der Waals surface area contributed by atoms with Gasteiger partial charge < -0.3 is 5.32 Å². The van der Waals surface area contributed by atoms with Crippen LogP contribution in [-0.4, -0.2) is 31.1 Å². The van der Waals surface area contributed by atoms with Gasteiger partial charge in [-0.25, -0.2) is 17.1 Å². The van der Waals surface area contributed by atoms with E-state index < -0.39 is 34.2 Å². The number of carbonyl (C=O) groups excluding carboxylic acids is 2. The van der Waals surface area contributed by atoms with Gasteiger partial charge in [0.25, 0.3) is 15.9 Å². The normalized spacial score (nSPS) is 15.2. The van der Waals surface area contributed by atoms with E-state index in [9.17, 15) is 22.4 Å². The number of carbonyl (C=O) groups is 2. The van der Waals surface area contributed by atoms with Crippen LogP contribution in [0.2, 0.25) is 0 Å². The van der Waals surface area contributed by atoms with E-state index in [0.29, 0.717) is 9.87 Å². The van der Waals surface area contributed by atoms with Gasteiger partial charge in [0.15, 0.2) is 0 Å². The molecule has 3 rings (SSSR count). The first-order valence-corrected chi connectivity index (χ1v) is 8.47. The molecule has 0 saturated heterocycles. The van der Waals surface area contributed by atoms with Gasteiger partial charge in [-0.1, -0.05) is 18.2 Å². The van der Waals surface area contributed by atoms with Crippen molar-refractivity contribution in [3.63, 3.8) is 0 Å². The van der Waals surface area contributed by atoms with E-state index in [1.54, 1.807) is 13.0 Å². The van der Waals surface area contributed by atoms with Gasteiger partial charge >= 0.3 is 0 Å². The van der Waals surface area contributed by atoms with Gasteiger partial charge in [0.05, 0.1) is 5.56 Å². The molecular weight excluding hydrogens is 335 g/mol. The van der Waals surface area contributed by atoms with Crippen molar-refractivity contribution in [1.82, 2.24) is 4.31 Å². The monoisotopic (exact) mass is 348 g/mol. The van der Waals surface area contributed by atoms with E-state index in [0.717, 1.165) is 6.07 Å². The highest BCUT2D eigenvalue weighted by atomic mass is 32.2. The largest absolute Gasteiger partial charge is 0.324 e. The van der Waals surface area contributed by atoms with Crippen LogP contribution in [-0.2, 0) is 14.8 Å². The van der Waals surface area contributed by atoms with E-state index in [1.807, 2.05) is 0 Å². The number of rotatable bonds is 3. The second kappa shape index (κ2) is 5.72. The molecule has 1 aliphatic rings. The molecule has 2 aromatic carbocycles. The van der Waals surface area contributed by atoms with E-state index >= 15 is 0 Å². The third-order valence-corrected chi connectivity index (χ3v) is 5.46. The molecule has 0 unspecified atom stereocenters. The molecule has 0 radical (unpaired) electrons. The summed E-state index contributed by atoms with van der Waals surface area (Å²) in [6.45, 7) is 0.994. The van der Waals surface area contributed by atoms with Crippen LogP contribution in [0.4, 0.5) is 10.1 Å². The second-order valence-corrected chi connectivity index (χ2v) is 7.15. The van der Waals surface area contributed by atoms with Crippen LogP contribution in [0.5, 0.6) is 0 Å². The highest BCUT2D eigenvalue weighted by molar-refractivity contribution is 7.90. The Morgan fingerprint density at radius 1 is 1.21 bits per heavy atom. The van der Waals surface area contributed by atoms with Gasteiger partial charge in [-0.15, -0.1) is 0 Å². The Morgan fingerprint density at radius 3 is 2.62 bits per heavy atom. The molecule has 2 aromatic rings. The van der Waals surface area contributed by atoms with Crippen molar-refractivity contribution in [3.8, 4) is 0 Å². The van der Waals surface area contributed by atoms with E-state index in [4.69, 9.17) is 0 Å². The predicted molar refractivity (Wildman–Crippen MR) is 84.4 cm³/mol. The maximum absolute atomic E-state index is 13.3. The molecule has 0 fully saturated rings. The van der Waals surface area contributed by atoms with Gasteiger partial charge in [-0.3, -0.25) is 9.59 Å². The summed E-state index contributed by atoms with van der Waals surface area (Å²) < 4.78 is 38.5. The minimum atomic E-state index is -4.05. The fraction of sp³-hybridized carbons (Fsp3) is 0.125. The topological polar surface area (TPSA) is 83.6 Å². The molecule has 2 amide bonds. The summed E-state index contributed by atoms with van der Waals surface area (Å²) in [5.41, 5.74) is 0.873. The average Bonchev–Trinajstić information content (AvgIpc) is 2.72. The maximum atomic E-state index is 13.3. The summed E-state index contributed by atoms with van der Waals surface area (Å²) in [5.74, 6) is -2.02. The Balaban J connectivity index is 1.83. The number of aryl methyl sites for hydroxylation is 1. The van der Waals surface area contributed by atoms with Crippen molar-refractivity contribution < 1.29 is 22.4 Å². The number of hydrogen-bond donors (Lipinski definition) is 1. The van der Waals surface area contributed by atoms with Gasteiger partial charge in [0, 0.05) is 5.69 Å². The minimum absolute atomic E-state index is 0.0345. The Kier molecular flexibility index (Phi) is 3.84. The lowest BCUT2D eigenvalue weighted by Gasteiger charge is -2.15. The molecular formula is C16H13FN2O4S. The first-order chi connectivity index (χ1) is 11.3. The number of halogens is 1. The fourth-order valence-electron chi connectivity index (χ4n) is 2.44. The lowest BCUT2D eigenvalue weighted by Crippen LogP contribution is -2.37. The van der Waals surface area contributed by atoms with Gasteiger partial charge in [-0.05, 0) is 36.8 Å². The van der Waals surface area contributed by atoms with Crippen LogP contribution >= 0.6 is 0 Å². The molecule has 24 heavy (non-hydrogen) atoms. The summed E-state index contributed by atoms with van der Waals surface area (Å²) in [6, 6.07) is 9.62. The fourth-order valence-corrected chi connectivity index (χ4v) is 3.96. The Hall–Kier alpha value is -2.74. The molecule has 1 aliphatic heterocycles. The Morgan fingerprint density at radius 2 is 1.92 bits per heavy atom. The number of hydrogen-bond acceptors (Lipinski definition) is 4. The number of fused-ring (bicyclic) bond motifs is 1. The summed E-state index contributed by atoms with van der Waals surface area (Å²) in [6.07, 6.45) is 0. The first-order valence-electron chi connectivity index (χ1n) is 7.03. The molecule has 0 atom stereocenters. The molecule has 0 saturated carbocycles. The maximum Gasteiger partial charge on any atom is 0.269 e. The molecule has 0 bridgehead atoms. The van der Waals surface area contributed by atoms with Crippen LogP contribution in [0.15, 0.2) is 47.4 Å². The van der Waals surface area contributed by atoms with Crippen molar-refractivity contribution >= 4 is 27.5 Å². The average molecular weight is 348 g/mol. The van der Waals surface area contributed by atoms with Crippen molar-refractivity contribution in [2.24, 2.45) is 0 Å². The smallest absolute Gasteiger partial charge is 0.269 e. The molecule has 0 spiro atoms. The zero-order chi connectivity index (χ0) is 17.5. The third-order valence-electron chi connectivity index (χ3n) is 3.67. The summed E-state index contributed by atoms with van der Waals surface area (Å²) >= 11 is 0. The SMILES string of the molecule is Cc1ccc(F)cc1NC(=O)CN1C(=O)c2ccccc2S1(=O)=O. The van der Waals surface area contributed by atoms with E-state index in [2.05, 4.69) is 5.32 Å². The number of nitrogens with one attached hydrogen (secondary N) is 1. The molecule has 6 nitrogen and oxygen atoms in total. The molecule has 0 aromatic heterocycles. The van der Waals surface area contributed by atoms with Gasteiger partial charge in [-0.2, -0.15) is 0 Å². The lowest BCUT2D eigenvalue weighted by atomic mass is 10.2. The highest BCUT2D eigenvalue weighted by Crippen LogP contribution is 2.29. The van der Waals surface area contributed by atoms with Crippen molar-refractivity contribution in [3.05, 3.63) is 59.4 Å². The molecule has 1 heterocycles. The number of sulfonamides is 1. The minimum Gasteiger partial charge on any atom is -0.324 e.